The number of hydrogen-bond donors (Lipinski definition) is 0. The molecule has 1 aliphatic heterocycles. The van der Waals surface area contributed by atoms with E-state index >= 15 is 0 Å². The third-order valence-corrected chi connectivity index (χ3v) is 5.36. The molecule has 0 atom stereocenters. The molecular weight excluding hydrogens is 324 g/mol. The summed E-state index contributed by atoms with van der Waals surface area (Å²) in [5.74, 6) is 0.230. The van der Waals surface area contributed by atoms with Gasteiger partial charge in [-0.2, -0.15) is 0 Å². The summed E-state index contributed by atoms with van der Waals surface area (Å²) in [4.78, 5) is 16.6. The van der Waals surface area contributed by atoms with Gasteiger partial charge in [-0.15, -0.1) is 0 Å². The van der Waals surface area contributed by atoms with Crippen LogP contribution in [-0.4, -0.2) is 68.9 Å². The maximum absolute atomic E-state index is 12.6. The van der Waals surface area contributed by atoms with Crippen LogP contribution in [0.4, 0.5) is 0 Å². The van der Waals surface area contributed by atoms with Crippen molar-refractivity contribution in [3.63, 3.8) is 0 Å². The molecule has 1 heterocycles. The van der Waals surface area contributed by atoms with Gasteiger partial charge in [0.1, 0.15) is 9.84 Å². The molecule has 2 rings (SSSR count). The van der Waals surface area contributed by atoms with Gasteiger partial charge in [-0.1, -0.05) is 32.9 Å². The lowest BCUT2D eigenvalue weighted by atomic mass is 9.86. The second-order valence-corrected chi connectivity index (χ2v) is 9.85. The van der Waals surface area contributed by atoms with Crippen LogP contribution in [0.5, 0.6) is 0 Å². The molecule has 0 spiro atoms. The summed E-state index contributed by atoms with van der Waals surface area (Å²) in [6.07, 6.45) is 1.26. The van der Waals surface area contributed by atoms with Crippen molar-refractivity contribution in [2.24, 2.45) is 0 Å². The van der Waals surface area contributed by atoms with Gasteiger partial charge in [0, 0.05) is 44.5 Å². The number of benzene rings is 1. The van der Waals surface area contributed by atoms with Crippen LogP contribution < -0.4 is 0 Å². The third-order valence-electron chi connectivity index (χ3n) is 4.44. The number of piperazine rings is 1. The van der Waals surface area contributed by atoms with Gasteiger partial charge in [0.05, 0.1) is 5.75 Å². The molecule has 5 nitrogen and oxygen atoms in total. The highest BCUT2D eigenvalue weighted by Gasteiger charge is 2.23. The van der Waals surface area contributed by atoms with Gasteiger partial charge in [-0.25, -0.2) is 8.42 Å². The SMILES string of the molecule is CC(C)(C)c1ccc(C(=O)N2CCN(CCS(C)(=O)=O)CC2)cc1. The Balaban J connectivity index is 1.91. The second kappa shape index (κ2) is 7.23. The molecule has 6 heteroatoms. The van der Waals surface area contributed by atoms with E-state index in [1.165, 1.54) is 11.8 Å². The van der Waals surface area contributed by atoms with Crippen LogP contribution in [0.25, 0.3) is 0 Å². The zero-order chi connectivity index (χ0) is 18.0. The van der Waals surface area contributed by atoms with E-state index in [2.05, 4.69) is 25.7 Å². The summed E-state index contributed by atoms with van der Waals surface area (Å²) >= 11 is 0. The van der Waals surface area contributed by atoms with Crippen LogP contribution in [0, 0.1) is 0 Å². The first kappa shape index (κ1) is 18.9. The molecule has 1 fully saturated rings. The molecule has 1 aromatic carbocycles. The van der Waals surface area contributed by atoms with Crippen molar-refractivity contribution in [1.82, 2.24) is 9.80 Å². The van der Waals surface area contributed by atoms with Gasteiger partial charge in [0.25, 0.3) is 5.91 Å². The zero-order valence-corrected chi connectivity index (χ0v) is 15.9. The van der Waals surface area contributed by atoms with Crippen molar-refractivity contribution in [2.45, 2.75) is 26.2 Å². The standard InChI is InChI=1S/C18H28N2O3S/c1-18(2,3)16-7-5-15(6-8-16)17(21)20-11-9-19(10-12-20)13-14-24(4,22)23/h5-8H,9-14H2,1-4H3. The molecule has 1 aromatic rings. The quantitative estimate of drug-likeness (QED) is 0.829. The molecule has 24 heavy (non-hydrogen) atoms. The molecular formula is C18H28N2O3S. The minimum Gasteiger partial charge on any atom is -0.336 e. The summed E-state index contributed by atoms with van der Waals surface area (Å²) in [5, 5.41) is 0. The number of sulfone groups is 1. The molecule has 0 bridgehead atoms. The van der Waals surface area contributed by atoms with E-state index in [4.69, 9.17) is 0 Å². The zero-order valence-electron chi connectivity index (χ0n) is 15.1. The Morgan fingerprint density at radius 1 is 1.04 bits per heavy atom. The van der Waals surface area contributed by atoms with Crippen LogP contribution in [0.15, 0.2) is 24.3 Å². The Labute approximate surface area is 145 Å². The first-order chi connectivity index (χ1) is 11.1. The molecule has 0 radical (unpaired) electrons. The van der Waals surface area contributed by atoms with Crippen LogP contribution in [0.3, 0.4) is 0 Å². The van der Waals surface area contributed by atoms with Crippen molar-refractivity contribution in [3.8, 4) is 0 Å². The van der Waals surface area contributed by atoms with E-state index in [1.807, 2.05) is 29.2 Å². The van der Waals surface area contributed by atoms with E-state index in [9.17, 15) is 13.2 Å². The van der Waals surface area contributed by atoms with E-state index in [1.54, 1.807) is 0 Å². The highest BCUT2D eigenvalue weighted by atomic mass is 32.2. The fourth-order valence-electron chi connectivity index (χ4n) is 2.76. The maximum atomic E-state index is 12.6. The minimum atomic E-state index is -2.93. The number of rotatable bonds is 4. The Morgan fingerprint density at radius 2 is 1.58 bits per heavy atom. The van der Waals surface area contributed by atoms with Gasteiger partial charge < -0.3 is 4.90 Å². The lowest BCUT2D eigenvalue weighted by molar-refractivity contribution is 0.0644. The van der Waals surface area contributed by atoms with Crippen molar-refractivity contribution in [3.05, 3.63) is 35.4 Å². The Hall–Kier alpha value is -1.40. The topological polar surface area (TPSA) is 57.7 Å². The van der Waals surface area contributed by atoms with Gasteiger partial charge in [0.15, 0.2) is 0 Å². The van der Waals surface area contributed by atoms with Crippen molar-refractivity contribution < 1.29 is 13.2 Å². The van der Waals surface area contributed by atoms with Crippen molar-refractivity contribution in [1.29, 1.82) is 0 Å². The number of hydrogen-bond acceptors (Lipinski definition) is 4. The highest BCUT2D eigenvalue weighted by Crippen LogP contribution is 2.22. The Morgan fingerprint density at radius 3 is 2.04 bits per heavy atom. The average molecular weight is 353 g/mol. The predicted molar refractivity (Wildman–Crippen MR) is 97.2 cm³/mol. The van der Waals surface area contributed by atoms with Crippen molar-refractivity contribution >= 4 is 15.7 Å². The summed E-state index contributed by atoms with van der Waals surface area (Å²) in [6.45, 7) is 9.73. The van der Waals surface area contributed by atoms with E-state index < -0.39 is 9.84 Å². The predicted octanol–water partition coefficient (Wildman–Crippen LogP) is 1.79. The summed E-state index contributed by atoms with van der Waals surface area (Å²) < 4.78 is 22.5. The van der Waals surface area contributed by atoms with Gasteiger partial charge >= 0.3 is 0 Å². The Kier molecular flexibility index (Phi) is 5.71. The fourth-order valence-corrected chi connectivity index (χ4v) is 3.35. The summed E-state index contributed by atoms with van der Waals surface area (Å²) in [7, 11) is -2.93. The Bertz CT molecular complexity index is 667. The molecule has 1 aliphatic rings. The van der Waals surface area contributed by atoms with E-state index in [-0.39, 0.29) is 17.1 Å². The lowest BCUT2D eigenvalue weighted by Gasteiger charge is -2.34. The number of nitrogens with zero attached hydrogens (tertiary/aromatic N) is 2. The van der Waals surface area contributed by atoms with E-state index in [0.717, 1.165) is 13.1 Å². The first-order valence-electron chi connectivity index (χ1n) is 8.36. The summed E-state index contributed by atoms with van der Waals surface area (Å²) in [5.41, 5.74) is 2.00. The molecule has 1 saturated heterocycles. The molecule has 0 N–H and O–H groups in total. The smallest absolute Gasteiger partial charge is 0.253 e. The molecule has 134 valence electrons. The molecule has 0 aliphatic carbocycles. The maximum Gasteiger partial charge on any atom is 0.253 e. The minimum absolute atomic E-state index is 0.0539. The number of carbonyl (C=O) groups is 1. The van der Waals surface area contributed by atoms with Crippen molar-refractivity contribution in [2.75, 3.05) is 44.7 Å². The monoisotopic (exact) mass is 352 g/mol. The van der Waals surface area contributed by atoms with Crippen LogP contribution in [0.2, 0.25) is 0 Å². The molecule has 0 aromatic heterocycles. The molecule has 0 unspecified atom stereocenters. The third kappa shape index (κ3) is 5.31. The summed E-state index contributed by atoms with van der Waals surface area (Å²) in [6, 6.07) is 7.85. The van der Waals surface area contributed by atoms with Crippen LogP contribution >= 0.6 is 0 Å². The molecule has 1 amide bonds. The van der Waals surface area contributed by atoms with Gasteiger partial charge in [0.2, 0.25) is 0 Å². The van der Waals surface area contributed by atoms with E-state index in [0.29, 0.717) is 25.2 Å². The molecule has 0 saturated carbocycles. The largest absolute Gasteiger partial charge is 0.336 e. The normalized spacial score (nSPS) is 17.1. The fraction of sp³-hybridized carbons (Fsp3) is 0.611. The lowest BCUT2D eigenvalue weighted by Crippen LogP contribution is -2.49. The average Bonchev–Trinajstić information content (AvgIpc) is 2.51. The second-order valence-electron chi connectivity index (χ2n) is 7.59. The van der Waals surface area contributed by atoms with Gasteiger partial charge in [-0.3, -0.25) is 9.69 Å². The highest BCUT2D eigenvalue weighted by molar-refractivity contribution is 7.90. The number of amides is 1. The first-order valence-corrected chi connectivity index (χ1v) is 10.4. The van der Waals surface area contributed by atoms with Crippen LogP contribution in [0.1, 0.15) is 36.7 Å². The van der Waals surface area contributed by atoms with Gasteiger partial charge in [-0.05, 0) is 23.1 Å². The van der Waals surface area contributed by atoms with Crippen LogP contribution in [-0.2, 0) is 15.3 Å². The number of carbonyl (C=O) groups excluding carboxylic acids is 1.